The molecule has 0 spiro atoms. The number of rotatable bonds is 3. The number of nitrogens with two attached hydrogens (primary N) is 1. The monoisotopic (exact) mass is 434 g/mol. The van der Waals surface area contributed by atoms with E-state index in [1.165, 1.54) is 0 Å². The SMILES string of the molecule is CN(Cc1cc(N)ccc1Cl)C(=O)c1cc(Cl)ccc1I. The zero-order chi connectivity index (χ0) is 15.6. The first-order valence-electron chi connectivity index (χ1n) is 6.13. The van der Waals surface area contributed by atoms with Crippen molar-refractivity contribution in [3.05, 3.63) is 61.1 Å². The zero-order valence-electron chi connectivity index (χ0n) is 11.2. The van der Waals surface area contributed by atoms with Gasteiger partial charge in [-0.2, -0.15) is 0 Å². The summed E-state index contributed by atoms with van der Waals surface area (Å²) in [6, 6.07) is 10.5. The van der Waals surface area contributed by atoms with Crippen LogP contribution < -0.4 is 5.73 Å². The fourth-order valence-corrected chi connectivity index (χ4v) is 2.83. The summed E-state index contributed by atoms with van der Waals surface area (Å²) >= 11 is 14.2. The first kappa shape index (κ1) is 16.4. The van der Waals surface area contributed by atoms with Gasteiger partial charge in [0.15, 0.2) is 0 Å². The second-order valence-corrected chi connectivity index (χ2v) is 6.64. The molecule has 21 heavy (non-hydrogen) atoms. The number of halogens is 3. The molecule has 0 unspecified atom stereocenters. The summed E-state index contributed by atoms with van der Waals surface area (Å²) in [5.74, 6) is -0.111. The Kier molecular flexibility index (Phi) is 5.35. The average molecular weight is 435 g/mol. The van der Waals surface area contributed by atoms with Crippen LogP contribution in [0.3, 0.4) is 0 Å². The average Bonchev–Trinajstić information content (AvgIpc) is 2.44. The lowest BCUT2D eigenvalue weighted by Crippen LogP contribution is -2.27. The van der Waals surface area contributed by atoms with Crippen LogP contribution in [0.2, 0.25) is 10.0 Å². The summed E-state index contributed by atoms with van der Waals surface area (Å²) in [7, 11) is 1.72. The summed E-state index contributed by atoms with van der Waals surface area (Å²) in [5, 5.41) is 1.12. The van der Waals surface area contributed by atoms with E-state index in [1.54, 1.807) is 42.3 Å². The molecule has 0 radical (unpaired) electrons. The summed E-state index contributed by atoms with van der Waals surface area (Å²) in [5.41, 5.74) is 7.76. The molecule has 0 atom stereocenters. The molecule has 0 heterocycles. The van der Waals surface area contributed by atoms with Crippen molar-refractivity contribution in [2.45, 2.75) is 6.54 Å². The highest BCUT2D eigenvalue weighted by Gasteiger charge is 2.16. The topological polar surface area (TPSA) is 46.3 Å². The molecule has 0 aromatic heterocycles. The summed E-state index contributed by atoms with van der Waals surface area (Å²) in [4.78, 5) is 14.1. The van der Waals surface area contributed by atoms with Crippen molar-refractivity contribution in [2.24, 2.45) is 0 Å². The van der Waals surface area contributed by atoms with Crippen molar-refractivity contribution in [1.29, 1.82) is 0 Å². The molecule has 2 rings (SSSR count). The predicted molar refractivity (Wildman–Crippen MR) is 95.8 cm³/mol. The maximum atomic E-state index is 12.5. The number of carbonyl (C=O) groups excluding carboxylic acids is 1. The molecule has 0 saturated carbocycles. The zero-order valence-corrected chi connectivity index (χ0v) is 14.9. The van der Waals surface area contributed by atoms with Crippen LogP contribution in [0.5, 0.6) is 0 Å². The molecule has 3 nitrogen and oxygen atoms in total. The Morgan fingerprint density at radius 1 is 1.24 bits per heavy atom. The van der Waals surface area contributed by atoms with E-state index in [4.69, 9.17) is 28.9 Å². The number of nitrogen functional groups attached to an aromatic ring is 1. The molecule has 110 valence electrons. The fourth-order valence-electron chi connectivity index (χ4n) is 1.91. The minimum Gasteiger partial charge on any atom is -0.399 e. The van der Waals surface area contributed by atoms with Gasteiger partial charge in [-0.25, -0.2) is 0 Å². The largest absolute Gasteiger partial charge is 0.399 e. The number of nitrogens with zero attached hydrogens (tertiary/aromatic N) is 1. The van der Waals surface area contributed by atoms with E-state index >= 15 is 0 Å². The lowest BCUT2D eigenvalue weighted by molar-refractivity contribution is 0.0784. The van der Waals surface area contributed by atoms with Gasteiger partial charge in [0.05, 0.1) is 5.56 Å². The van der Waals surface area contributed by atoms with E-state index in [-0.39, 0.29) is 5.91 Å². The van der Waals surface area contributed by atoms with Crippen molar-refractivity contribution in [1.82, 2.24) is 4.90 Å². The van der Waals surface area contributed by atoms with E-state index in [0.29, 0.717) is 27.8 Å². The maximum absolute atomic E-state index is 12.5. The van der Waals surface area contributed by atoms with E-state index in [2.05, 4.69) is 22.6 Å². The van der Waals surface area contributed by atoms with E-state index < -0.39 is 0 Å². The molecule has 2 aromatic carbocycles. The predicted octanol–water partition coefficient (Wildman–Crippen LogP) is 4.45. The number of hydrogen-bond acceptors (Lipinski definition) is 2. The summed E-state index contributed by atoms with van der Waals surface area (Å²) < 4.78 is 0.854. The first-order valence-corrected chi connectivity index (χ1v) is 7.96. The van der Waals surface area contributed by atoms with Gasteiger partial charge in [0, 0.05) is 32.9 Å². The maximum Gasteiger partial charge on any atom is 0.255 e. The molecule has 0 bridgehead atoms. The highest BCUT2D eigenvalue weighted by atomic mass is 127. The Balaban J connectivity index is 2.23. The minimum atomic E-state index is -0.111. The molecule has 0 aliphatic heterocycles. The third kappa shape index (κ3) is 4.02. The van der Waals surface area contributed by atoms with Crippen LogP contribution in [0.15, 0.2) is 36.4 Å². The van der Waals surface area contributed by atoms with Crippen molar-refractivity contribution < 1.29 is 4.79 Å². The normalized spacial score (nSPS) is 10.5. The molecule has 0 fully saturated rings. The number of amides is 1. The molecule has 6 heteroatoms. The molecule has 0 saturated heterocycles. The minimum absolute atomic E-state index is 0.111. The van der Waals surface area contributed by atoms with Gasteiger partial charge in [0.1, 0.15) is 0 Å². The van der Waals surface area contributed by atoms with Crippen LogP contribution >= 0.6 is 45.8 Å². The number of carbonyl (C=O) groups is 1. The molecule has 0 aliphatic carbocycles. The van der Waals surface area contributed by atoms with Gasteiger partial charge in [0.2, 0.25) is 0 Å². The van der Waals surface area contributed by atoms with Crippen LogP contribution in [0, 0.1) is 3.57 Å². The molecule has 2 aromatic rings. The van der Waals surface area contributed by atoms with Crippen LogP contribution in [-0.4, -0.2) is 17.9 Å². The Morgan fingerprint density at radius 3 is 2.67 bits per heavy atom. The van der Waals surface area contributed by atoms with Gasteiger partial charge < -0.3 is 10.6 Å². The van der Waals surface area contributed by atoms with Gasteiger partial charge in [-0.3, -0.25) is 4.79 Å². The Morgan fingerprint density at radius 2 is 1.95 bits per heavy atom. The highest BCUT2D eigenvalue weighted by molar-refractivity contribution is 14.1. The van der Waals surface area contributed by atoms with Gasteiger partial charge in [-0.05, 0) is 64.6 Å². The highest BCUT2D eigenvalue weighted by Crippen LogP contribution is 2.23. The van der Waals surface area contributed by atoms with Gasteiger partial charge in [-0.15, -0.1) is 0 Å². The number of hydrogen-bond donors (Lipinski definition) is 1. The van der Waals surface area contributed by atoms with Gasteiger partial charge in [0.25, 0.3) is 5.91 Å². The first-order chi connectivity index (χ1) is 9.88. The van der Waals surface area contributed by atoms with E-state index in [9.17, 15) is 4.79 Å². The second kappa shape index (κ2) is 6.85. The molecular formula is C15H13Cl2IN2O. The van der Waals surface area contributed by atoms with E-state index in [1.807, 2.05) is 6.07 Å². The standard InChI is InChI=1S/C15H13Cl2IN2O/c1-20(8-9-6-11(19)3-4-13(9)17)15(21)12-7-10(16)2-5-14(12)18/h2-7H,8,19H2,1H3. The van der Waals surface area contributed by atoms with Crippen LogP contribution in [-0.2, 0) is 6.54 Å². The Labute approximate surface area is 147 Å². The third-order valence-electron chi connectivity index (χ3n) is 2.98. The second-order valence-electron chi connectivity index (χ2n) is 4.64. The van der Waals surface area contributed by atoms with E-state index in [0.717, 1.165) is 9.13 Å². The molecule has 1 amide bonds. The van der Waals surface area contributed by atoms with Gasteiger partial charge >= 0.3 is 0 Å². The molecule has 2 N–H and O–H groups in total. The summed E-state index contributed by atoms with van der Waals surface area (Å²) in [6.45, 7) is 0.380. The summed E-state index contributed by atoms with van der Waals surface area (Å²) in [6.07, 6.45) is 0. The third-order valence-corrected chi connectivity index (χ3v) is 4.53. The van der Waals surface area contributed by atoms with Crippen molar-refractivity contribution in [3.63, 3.8) is 0 Å². The quantitative estimate of drug-likeness (QED) is 0.572. The van der Waals surface area contributed by atoms with Crippen LogP contribution in [0.4, 0.5) is 5.69 Å². The molecule has 0 aliphatic rings. The fraction of sp³-hybridized carbons (Fsp3) is 0.133. The Bertz CT molecular complexity index is 691. The van der Waals surface area contributed by atoms with Crippen molar-refractivity contribution in [3.8, 4) is 0 Å². The molecular weight excluding hydrogens is 422 g/mol. The van der Waals surface area contributed by atoms with Crippen LogP contribution in [0.25, 0.3) is 0 Å². The smallest absolute Gasteiger partial charge is 0.255 e. The lowest BCUT2D eigenvalue weighted by atomic mass is 10.1. The van der Waals surface area contributed by atoms with Crippen molar-refractivity contribution >= 4 is 57.4 Å². The van der Waals surface area contributed by atoms with Gasteiger partial charge in [-0.1, -0.05) is 23.2 Å². The van der Waals surface area contributed by atoms with Crippen LogP contribution in [0.1, 0.15) is 15.9 Å². The van der Waals surface area contributed by atoms with Crippen molar-refractivity contribution in [2.75, 3.05) is 12.8 Å². The lowest BCUT2D eigenvalue weighted by Gasteiger charge is -2.19. The number of benzene rings is 2. The Hall–Kier alpha value is -0.980. The number of anilines is 1.